The van der Waals surface area contributed by atoms with Gasteiger partial charge in [-0.1, -0.05) is 0 Å². The summed E-state index contributed by atoms with van der Waals surface area (Å²) in [6.45, 7) is 6.51. The fourth-order valence-electron chi connectivity index (χ4n) is 4.39. The number of aliphatic hydroxyl groups excluding tert-OH is 1. The number of pyridine rings is 1. The maximum absolute atomic E-state index is 13.8. The number of piperidine rings is 1. The van der Waals surface area contributed by atoms with Crippen LogP contribution in [0.2, 0.25) is 0 Å². The van der Waals surface area contributed by atoms with Crippen molar-refractivity contribution in [2.45, 2.75) is 45.2 Å². The molecule has 0 aromatic carbocycles. The Balaban J connectivity index is 1.65. The molecule has 5 nitrogen and oxygen atoms in total. The minimum Gasteiger partial charge on any atom is -0.394 e. The Morgan fingerprint density at radius 2 is 2.12 bits per heavy atom. The van der Waals surface area contributed by atoms with Crippen molar-refractivity contribution in [2.75, 3.05) is 26.2 Å². The van der Waals surface area contributed by atoms with Crippen LogP contribution in [0.15, 0.2) is 18.3 Å². The first-order valence-electron chi connectivity index (χ1n) is 8.58. The lowest BCUT2D eigenvalue weighted by Crippen LogP contribution is -2.46. The van der Waals surface area contributed by atoms with Gasteiger partial charge in [0.1, 0.15) is 5.82 Å². The first kappa shape index (κ1) is 17.3. The van der Waals surface area contributed by atoms with Crippen molar-refractivity contribution in [3.05, 3.63) is 29.8 Å². The summed E-state index contributed by atoms with van der Waals surface area (Å²) in [7, 11) is 0. The van der Waals surface area contributed by atoms with Gasteiger partial charge < -0.3 is 10.0 Å². The summed E-state index contributed by atoms with van der Waals surface area (Å²) >= 11 is 0. The molecule has 132 valence electrons. The van der Waals surface area contributed by atoms with Gasteiger partial charge in [0, 0.05) is 26.2 Å². The highest BCUT2D eigenvalue weighted by Gasteiger charge is 2.52. The monoisotopic (exact) mass is 335 g/mol. The molecule has 2 fully saturated rings. The molecular weight excluding hydrogens is 309 g/mol. The van der Waals surface area contributed by atoms with Crippen molar-refractivity contribution in [1.29, 1.82) is 0 Å². The van der Waals surface area contributed by atoms with E-state index >= 15 is 0 Å². The second kappa shape index (κ2) is 6.41. The van der Waals surface area contributed by atoms with E-state index in [-0.39, 0.29) is 23.7 Å². The van der Waals surface area contributed by atoms with E-state index in [0.717, 1.165) is 32.4 Å². The van der Waals surface area contributed by atoms with E-state index in [1.807, 2.05) is 11.8 Å². The molecule has 2 saturated heterocycles. The molecule has 1 amide bonds. The summed E-state index contributed by atoms with van der Waals surface area (Å²) in [6.07, 6.45) is 4.38. The highest BCUT2D eigenvalue weighted by Crippen LogP contribution is 2.48. The van der Waals surface area contributed by atoms with Crippen LogP contribution in [0.3, 0.4) is 0 Å². The SMILES string of the molecule is CC(=O)N1CC2(CCN(Cc3ncccc3F)CC2)C[C@@]1(C)CO. The van der Waals surface area contributed by atoms with Crippen LogP contribution in [0.5, 0.6) is 0 Å². The van der Waals surface area contributed by atoms with E-state index < -0.39 is 5.54 Å². The van der Waals surface area contributed by atoms with Crippen LogP contribution in [0, 0.1) is 11.2 Å². The number of carbonyl (C=O) groups excluding carboxylic acids is 1. The molecule has 24 heavy (non-hydrogen) atoms. The van der Waals surface area contributed by atoms with Gasteiger partial charge in [0.05, 0.1) is 17.8 Å². The lowest BCUT2D eigenvalue weighted by atomic mass is 9.74. The Labute approximate surface area is 142 Å². The molecule has 0 unspecified atom stereocenters. The molecule has 0 saturated carbocycles. The van der Waals surface area contributed by atoms with Gasteiger partial charge >= 0.3 is 0 Å². The van der Waals surface area contributed by atoms with Gasteiger partial charge in [-0.15, -0.1) is 0 Å². The molecule has 3 heterocycles. The molecule has 1 aromatic rings. The van der Waals surface area contributed by atoms with E-state index in [1.165, 1.54) is 6.07 Å². The number of hydrogen-bond donors (Lipinski definition) is 1. The molecule has 0 radical (unpaired) electrons. The molecule has 3 rings (SSSR count). The number of aliphatic hydroxyl groups is 1. The zero-order chi connectivity index (χ0) is 17.4. The molecule has 1 N–H and O–H groups in total. The summed E-state index contributed by atoms with van der Waals surface area (Å²) in [4.78, 5) is 20.1. The quantitative estimate of drug-likeness (QED) is 0.915. The molecule has 1 atom stereocenters. The van der Waals surface area contributed by atoms with Crippen LogP contribution in [-0.2, 0) is 11.3 Å². The Morgan fingerprint density at radius 1 is 1.42 bits per heavy atom. The van der Waals surface area contributed by atoms with E-state index in [1.54, 1.807) is 19.2 Å². The second-order valence-electron chi connectivity index (χ2n) is 7.65. The highest BCUT2D eigenvalue weighted by atomic mass is 19.1. The molecule has 0 aliphatic carbocycles. The second-order valence-corrected chi connectivity index (χ2v) is 7.65. The van der Waals surface area contributed by atoms with E-state index in [9.17, 15) is 14.3 Å². The molecule has 2 aliphatic heterocycles. The zero-order valence-corrected chi connectivity index (χ0v) is 14.5. The lowest BCUT2D eigenvalue weighted by Gasteiger charge is -2.39. The van der Waals surface area contributed by atoms with Crippen LogP contribution in [0.4, 0.5) is 4.39 Å². The number of amides is 1. The number of nitrogens with zero attached hydrogens (tertiary/aromatic N) is 3. The van der Waals surface area contributed by atoms with Gasteiger partial charge in [0.25, 0.3) is 0 Å². The van der Waals surface area contributed by atoms with Gasteiger partial charge in [-0.05, 0) is 56.8 Å². The lowest BCUT2D eigenvalue weighted by molar-refractivity contribution is -0.134. The van der Waals surface area contributed by atoms with Gasteiger partial charge in [0.15, 0.2) is 0 Å². The summed E-state index contributed by atoms with van der Waals surface area (Å²) in [5.74, 6) is -0.226. The largest absolute Gasteiger partial charge is 0.394 e. The first-order chi connectivity index (χ1) is 11.4. The third-order valence-corrected chi connectivity index (χ3v) is 5.75. The number of hydrogen-bond acceptors (Lipinski definition) is 4. The zero-order valence-electron chi connectivity index (χ0n) is 14.5. The fourth-order valence-corrected chi connectivity index (χ4v) is 4.39. The van der Waals surface area contributed by atoms with Crippen molar-refractivity contribution >= 4 is 5.91 Å². The fraction of sp³-hybridized carbons (Fsp3) is 0.667. The Morgan fingerprint density at radius 3 is 2.67 bits per heavy atom. The summed E-state index contributed by atoms with van der Waals surface area (Å²) in [6, 6.07) is 3.05. The van der Waals surface area contributed by atoms with E-state index in [4.69, 9.17) is 0 Å². The number of likely N-dealkylation sites (tertiary alicyclic amines) is 2. The van der Waals surface area contributed by atoms with Gasteiger partial charge in [-0.25, -0.2) is 4.39 Å². The Hall–Kier alpha value is -1.53. The minimum absolute atomic E-state index is 0.00279. The summed E-state index contributed by atoms with van der Waals surface area (Å²) < 4.78 is 13.8. The average molecular weight is 335 g/mol. The molecule has 2 aliphatic rings. The van der Waals surface area contributed by atoms with Crippen LogP contribution in [-0.4, -0.2) is 57.6 Å². The van der Waals surface area contributed by atoms with Crippen LogP contribution < -0.4 is 0 Å². The van der Waals surface area contributed by atoms with Crippen molar-refractivity contribution in [2.24, 2.45) is 5.41 Å². The molecular formula is C18H26FN3O2. The maximum Gasteiger partial charge on any atom is 0.219 e. The van der Waals surface area contributed by atoms with E-state index in [2.05, 4.69) is 9.88 Å². The highest BCUT2D eigenvalue weighted by molar-refractivity contribution is 5.74. The number of halogens is 1. The Bertz CT molecular complexity index is 616. The van der Waals surface area contributed by atoms with Crippen LogP contribution in [0.25, 0.3) is 0 Å². The topological polar surface area (TPSA) is 56.7 Å². The number of carbonyl (C=O) groups is 1. The van der Waals surface area contributed by atoms with Crippen molar-refractivity contribution < 1.29 is 14.3 Å². The third kappa shape index (κ3) is 3.17. The first-order valence-corrected chi connectivity index (χ1v) is 8.58. The van der Waals surface area contributed by atoms with Crippen molar-refractivity contribution in [3.8, 4) is 0 Å². The van der Waals surface area contributed by atoms with E-state index in [0.29, 0.717) is 18.8 Å². The molecule has 1 spiro atoms. The maximum atomic E-state index is 13.8. The normalized spacial score (nSPS) is 26.9. The van der Waals surface area contributed by atoms with Crippen LogP contribution >= 0.6 is 0 Å². The molecule has 0 bridgehead atoms. The summed E-state index contributed by atoms with van der Waals surface area (Å²) in [5, 5.41) is 9.78. The standard InChI is InChI=1S/C18H26FN3O2/c1-14(24)22-12-18(11-17(22,2)13-23)5-8-21(9-6-18)10-16-15(19)4-3-7-20-16/h3-4,7,23H,5-6,8-13H2,1-2H3/t17-/m0/s1. The van der Waals surface area contributed by atoms with Gasteiger partial charge in [-0.2, -0.15) is 0 Å². The number of aromatic nitrogens is 1. The summed E-state index contributed by atoms with van der Waals surface area (Å²) in [5.41, 5.74) is 0.106. The third-order valence-electron chi connectivity index (χ3n) is 5.75. The smallest absolute Gasteiger partial charge is 0.219 e. The van der Waals surface area contributed by atoms with Gasteiger partial charge in [0.2, 0.25) is 5.91 Å². The van der Waals surface area contributed by atoms with Gasteiger partial charge in [-0.3, -0.25) is 14.7 Å². The Kier molecular flexibility index (Phi) is 4.62. The minimum atomic E-state index is -0.457. The predicted octanol–water partition coefficient (Wildman–Crippen LogP) is 1.81. The predicted molar refractivity (Wildman–Crippen MR) is 88.6 cm³/mol. The molecule has 1 aromatic heterocycles. The molecule has 6 heteroatoms. The number of rotatable bonds is 3. The van der Waals surface area contributed by atoms with Crippen molar-refractivity contribution in [3.63, 3.8) is 0 Å². The van der Waals surface area contributed by atoms with Crippen LogP contribution in [0.1, 0.15) is 38.8 Å². The average Bonchev–Trinajstić information content (AvgIpc) is 2.86. The van der Waals surface area contributed by atoms with Crippen molar-refractivity contribution in [1.82, 2.24) is 14.8 Å².